The van der Waals surface area contributed by atoms with E-state index in [1.165, 1.54) is 0 Å². The first-order valence-corrected chi connectivity index (χ1v) is 11.6. The minimum absolute atomic E-state index is 0.00209. The molecule has 0 saturated carbocycles. The molecule has 33 heavy (non-hydrogen) atoms. The number of rotatable bonds is 8. The van der Waals surface area contributed by atoms with Crippen LogP contribution < -0.4 is 10.6 Å². The van der Waals surface area contributed by atoms with Gasteiger partial charge in [0.05, 0.1) is 31.8 Å². The first kappa shape index (κ1) is 26.5. The van der Waals surface area contributed by atoms with Crippen molar-refractivity contribution in [3.05, 3.63) is 48.0 Å². The number of ether oxygens (including phenoxy) is 2. The Morgan fingerprint density at radius 3 is 2.79 bits per heavy atom. The van der Waals surface area contributed by atoms with E-state index in [4.69, 9.17) is 14.6 Å². The third-order valence-corrected chi connectivity index (χ3v) is 5.30. The summed E-state index contributed by atoms with van der Waals surface area (Å²) in [6.45, 7) is 2.07. The van der Waals surface area contributed by atoms with Gasteiger partial charge in [0.2, 0.25) is 11.8 Å². The van der Waals surface area contributed by atoms with Crippen LogP contribution in [0.2, 0.25) is 0 Å². The number of allylic oxidation sites excluding steroid dienone is 2. The normalized spacial score (nSPS) is 21.4. The summed E-state index contributed by atoms with van der Waals surface area (Å²) in [6.07, 6.45) is 7.03. The smallest absolute Gasteiger partial charge is 0.305 e. The highest BCUT2D eigenvalue weighted by atomic mass is 16.5. The second kappa shape index (κ2) is 15.2. The van der Waals surface area contributed by atoms with Gasteiger partial charge in [-0.05, 0) is 38.2 Å². The van der Waals surface area contributed by atoms with Gasteiger partial charge in [-0.2, -0.15) is 0 Å². The van der Waals surface area contributed by atoms with Crippen molar-refractivity contribution in [2.75, 3.05) is 19.8 Å². The van der Waals surface area contributed by atoms with Crippen LogP contribution in [0.1, 0.15) is 51.0 Å². The highest BCUT2D eigenvalue weighted by molar-refractivity contribution is 5.86. The number of amides is 2. The summed E-state index contributed by atoms with van der Waals surface area (Å²) in [7, 11) is 0. The molecule has 2 amide bonds. The zero-order chi connectivity index (χ0) is 23.9. The molecule has 0 aliphatic carbocycles. The van der Waals surface area contributed by atoms with Gasteiger partial charge in [0, 0.05) is 18.9 Å². The molecule has 0 unspecified atom stereocenters. The van der Waals surface area contributed by atoms with Crippen molar-refractivity contribution in [2.24, 2.45) is 5.92 Å². The highest BCUT2D eigenvalue weighted by Gasteiger charge is 2.25. The SMILES string of the molecule is C[C@@H](CO)NC(=O)C[C@H]1CC=CCCCCC(=O)OC[C@H](COCc2ccccc2)NC1=O. The number of nitrogens with one attached hydrogen (secondary N) is 2. The lowest BCUT2D eigenvalue weighted by molar-refractivity contribution is -0.146. The van der Waals surface area contributed by atoms with Gasteiger partial charge in [0.25, 0.3) is 0 Å². The molecule has 0 aromatic heterocycles. The van der Waals surface area contributed by atoms with Gasteiger partial charge < -0.3 is 25.2 Å². The standard InChI is InChI=1S/C25H36N2O6/c1-19(15-28)26-23(29)14-21-12-8-3-2-4-9-13-24(30)33-18-22(27-25(21)31)17-32-16-20-10-6-5-7-11-20/h3,5-8,10-11,19,21-22,28H,2,4,9,12-18H2,1H3,(H,26,29)(H,27,31)/t19-,21+,22-/m0/s1. The van der Waals surface area contributed by atoms with Crippen LogP contribution in [-0.2, 0) is 30.5 Å². The van der Waals surface area contributed by atoms with Crippen LogP contribution in [0.5, 0.6) is 0 Å². The summed E-state index contributed by atoms with van der Waals surface area (Å²) in [5, 5.41) is 14.7. The zero-order valence-corrected chi connectivity index (χ0v) is 19.3. The summed E-state index contributed by atoms with van der Waals surface area (Å²) in [5.74, 6) is -1.47. The van der Waals surface area contributed by atoms with E-state index in [0.29, 0.717) is 19.4 Å². The predicted octanol–water partition coefficient (Wildman–Crippen LogP) is 2.25. The first-order chi connectivity index (χ1) is 16.0. The topological polar surface area (TPSA) is 114 Å². The highest BCUT2D eigenvalue weighted by Crippen LogP contribution is 2.13. The number of carbonyl (C=O) groups is 3. The van der Waals surface area contributed by atoms with Gasteiger partial charge >= 0.3 is 5.97 Å². The van der Waals surface area contributed by atoms with E-state index in [9.17, 15) is 14.4 Å². The Morgan fingerprint density at radius 2 is 2.03 bits per heavy atom. The molecule has 1 heterocycles. The molecular formula is C25H36N2O6. The molecule has 3 N–H and O–H groups in total. The Balaban J connectivity index is 2.04. The molecule has 1 aromatic rings. The summed E-state index contributed by atoms with van der Waals surface area (Å²) in [4.78, 5) is 37.4. The molecule has 0 saturated heterocycles. The van der Waals surface area contributed by atoms with Crippen molar-refractivity contribution in [1.82, 2.24) is 10.6 Å². The van der Waals surface area contributed by atoms with E-state index in [1.807, 2.05) is 42.5 Å². The Morgan fingerprint density at radius 1 is 1.24 bits per heavy atom. The molecule has 0 radical (unpaired) electrons. The van der Waals surface area contributed by atoms with Crippen molar-refractivity contribution in [3.8, 4) is 0 Å². The van der Waals surface area contributed by atoms with Gasteiger partial charge in [-0.3, -0.25) is 14.4 Å². The molecule has 3 atom stereocenters. The van der Waals surface area contributed by atoms with Crippen molar-refractivity contribution in [1.29, 1.82) is 0 Å². The molecular weight excluding hydrogens is 424 g/mol. The monoisotopic (exact) mass is 460 g/mol. The minimum atomic E-state index is -0.581. The fraction of sp³-hybridized carbons (Fsp3) is 0.560. The Hall–Kier alpha value is -2.71. The molecule has 2 rings (SSSR count). The molecule has 0 fully saturated rings. The Bertz CT molecular complexity index is 767. The zero-order valence-electron chi connectivity index (χ0n) is 19.3. The molecule has 1 aliphatic heterocycles. The lowest BCUT2D eigenvalue weighted by Crippen LogP contribution is -2.46. The maximum Gasteiger partial charge on any atom is 0.305 e. The van der Waals surface area contributed by atoms with E-state index in [1.54, 1.807) is 6.92 Å². The quantitative estimate of drug-likeness (QED) is 0.405. The molecule has 0 bridgehead atoms. The Labute approximate surface area is 195 Å². The summed E-state index contributed by atoms with van der Waals surface area (Å²) < 4.78 is 11.1. The summed E-state index contributed by atoms with van der Waals surface area (Å²) >= 11 is 0. The Kier molecular flexibility index (Phi) is 12.2. The second-order valence-electron chi connectivity index (χ2n) is 8.39. The number of aliphatic hydroxyl groups excluding tert-OH is 1. The van der Waals surface area contributed by atoms with Crippen molar-refractivity contribution >= 4 is 17.8 Å². The van der Waals surface area contributed by atoms with E-state index in [-0.39, 0.29) is 50.1 Å². The molecule has 0 spiro atoms. The number of esters is 1. The van der Waals surface area contributed by atoms with Crippen LogP contribution in [-0.4, -0.2) is 54.8 Å². The number of benzene rings is 1. The van der Waals surface area contributed by atoms with E-state index < -0.39 is 12.0 Å². The average Bonchev–Trinajstić information content (AvgIpc) is 2.80. The van der Waals surface area contributed by atoms with Crippen molar-refractivity contribution in [3.63, 3.8) is 0 Å². The number of carbonyl (C=O) groups excluding carboxylic acids is 3. The largest absolute Gasteiger partial charge is 0.463 e. The lowest BCUT2D eigenvalue weighted by atomic mass is 9.98. The maximum absolute atomic E-state index is 13.0. The van der Waals surface area contributed by atoms with Gasteiger partial charge in [-0.25, -0.2) is 0 Å². The fourth-order valence-corrected chi connectivity index (χ4v) is 3.41. The first-order valence-electron chi connectivity index (χ1n) is 11.6. The van der Waals surface area contributed by atoms with Crippen LogP contribution in [0.3, 0.4) is 0 Å². The molecule has 8 heteroatoms. The van der Waals surface area contributed by atoms with Gasteiger partial charge in [0.15, 0.2) is 0 Å². The van der Waals surface area contributed by atoms with Crippen LogP contribution in [0, 0.1) is 5.92 Å². The fourth-order valence-electron chi connectivity index (χ4n) is 3.41. The number of hydrogen-bond donors (Lipinski definition) is 3. The van der Waals surface area contributed by atoms with E-state index in [0.717, 1.165) is 24.8 Å². The van der Waals surface area contributed by atoms with Crippen LogP contribution >= 0.6 is 0 Å². The molecule has 1 aliphatic rings. The average molecular weight is 461 g/mol. The lowest BCUT2D eigenvalue weighted by Gasteiger charge is -2.23. The predicted molar refractivity (Wildman–Crippen MR) is 124 cm³/mol. The molecule has 8 nitrogen and oxygen atoms in total. The van der Waals surface area contributed by atoms with Crippen LogP contribution in [0.25, 0.3) is 0 Å². The summed E-state index contributed by atoms with van der Waals surface area (Å²) in [6, 6.07) is 8.75. The van der Waals surface area contributed by atoms with Crippen LogP contribution in [0.4, 0.5) is 0 Å². The minimum Gasteiger partial charge on any atom is -0.463 e. The number of hydrogen-bond acceptors (Lipinski definition) is 6. The van der Waals surface area contributed by atoms with Gasteiger partial charge in [-0.15, -0.1) is 0 Å². The molecule has 182 valence electrons. The van der Waals surface area contributed by atoms with Crippen molar-refractivity contribution < 1.29 is 29.0 Å². The molecule has 1 aromatic carbocycles. The van der Waals surface area contributed by atoms with E-state index in [2.05, 4.69) is 10.6 Å². The van der Waals surface area contributed by atoms with Gasteiger partial charge in [0.1, 0.15) is 6.61 Å². The number of cyclic esters (lactones) is 1. The summed E-state index contributed by atoms with van der Waals surface area (Å²) in [5.41, 5.74) is 0.999. The maximum atomic E-state index is 13.0. The van der Waals surface area contributed by atoms with Crippen molar-refractivity contribution in [2.45, 2.75) is 64.1 Å². The third kappa shape index (κ3) is 11.1. The van der Waals surface area contributed by atoms with Gasteiger partial charge in [-0.1, -0.05) is 42.5 Å². The third-order valence-electron chi connectivity index (χ3n) is 5.30. The van der Waals surface area contributed by atoms with E-state index >= 15 is 0 Å². The number of aliphatic hydroxyl groups is 1. The second-order valence-corrected chi connectivity index (χ2v) is 8.39. The van der Waals surface area contributed by atoms with Crippen LogP contribution in [0.15, 0.2) is 42.5 Å².